The number of ether oxygens (including phenoxy) is 1. The van der Waals surface area contributed by atoms with Crippen LogP contribution in [0.4, 0.5) is 11.4 Å². The molecule has 0 fully saturated rings. The molecule has 5 rings (SSSR count). The molecule has 1 aliphatic rings. The summed E-state index contributed by atoms with van der Waals surface area (Å²) < 4.78 is 7.14. The van der Waals surface area contributed by atoms with E-state index >= 15 is 0 Å². The molecule has 7 nitrogen and oxygen atoms in total. The first-order valence-corrected chi connectivity index (χ1v) is 10.7. The number of aromatic nitrogens is 2. The fourth-order valence-corrected chi connectivity index (χ4v) is 5.07. The van der Waals surface area contributed by atoms with Gasteiger partial charge in [0, 0.05) is 10.6 Å². The van der Waals surface area contributed by atoms with Crippen LogP contribution in [-0.2, 0) is 0 Å². The zero-order chi connectivity index (χ0) is 21.7. The van der Waals surface area contributed by atoms with Crippen molar-refractivity contribution in [2.24, 2.45) is 0 Å². The Morgan fingerprint density at radius 2 is 1.97 bits per heavy atom. The quantitative estimate of drug-likeness (QED) is 0.486. The van der Waals surface area contributed by atoms with E-state index in [4.69, 9.17) is 16.3 Å². The van der Waals surface area contributed by atoms with Gasteiger partial charge < -0.3 is 14.7 Å². The first-order valence-electron chi connectivity index (χ1n) is 9.50. The standard InChI is InChI=1S/C22H16ClN3O4S/c1-12-17(22(28)29)18-20(31-12)24-19(23)21(27)26(18)14-7-8-16-15(11-14)25(9-10-30-16)13-5-3-2-4-6-13/h2-8,11H,9-10H2,1H3,(H,28,29). The highest BCUT2D eigenvalue weighted by molar-refractivity contribution is 7.19. The zero-order valence-electron chi connectivity index (χ0n) is 16.3. The van der Waals surface area contributed by atoms with Gasteiger partial charge in [-0.2, -0.15) is 0 Å². The predicted octanol–water partition coefficient (Wildman–Crippen LogP) is 4.64. The maximum Gasteiger partial charge on any atom is 0.339 e. The second kappa shape index (κ2) is 7.40. The van der Waals surface area contributed by atoms with Gasteiger partial charge in [0.25, 0.3) is 5.56 Å². The first kappa shape index (κ1) is 19.6. The molecule has 2 aromatic heterocycles. The lowest BCUT2D eigenvalue weighted by Gasteiger charge is -2.31. The van der Waals surface area contributed by atoms with Crippen molar-refractivity contribution >= 4 is 50.6 Å². The third kappa shape index (κ3) is 3.15. The van der Waals surface area contributed by atoms with E-state index in [0.717, 1.165) is 11.4 Å². The Bertz CT molecular complexity index is 1400. The Morgan fingerprint density at radius 1 is 1.19 bits per heavy atom. The van der Waals surface area contributed by atoms with Gasteiger partial charge in [-0.3, -0.25) is 9.36 Å². The SMILES string of the molecule is Cc1sc2nc(Cl)c(=O)n(-c3ccc4c(c3)N(c3ccccc3)CCO4)c2c1C(=O)O. The van der Waals surface area contributed by atoms with Crippen LogP contribution in [0.15, 0.2) is 53.3 Å². The Labute approximate surface area is 185 Å². The summed E-state index contributed by atoms with van der Waals surface area (Å²) in [5.74, 6) is -0.434. The third-order valence-corrected chi connectivity index (χ3v) is 6.42. The van der Waals surface area contributed by atoms with Gasteiger partial charge in [-0.1, -0.05) is 29.8 Å². The maximum atomic E-state index is 13.0. The average molecular weight is 454 g/mol. The Balaban J connectivity index is 1.78. The summed E-state index contributed by atoms with van der Waals surface area (Å²) in [6.07, 6.45) is 0. The maximum absolute atomic E-state index is 13.0. The smallest absolute Gasteiger partial charge is 0.339 e. The molecule has 1 N–H and O–H groups in total. The molecule has 0 radical (unpaired) electrons. The number of carbonyl (C=O) groups is 1. The topological polar surface area (TPSA) is 84.7 Å². The van der Waals surface area contributed by atoms with Crippen molar-refractivity contribution in [3.8, 4) is 11.4 Å². The Morgan fingerprint density at radius 3 is 2.71 bits per heavy atom. The fraction of sp³-hybridized carbons (Fsp3) is 0.136. The summed E-state index contributed by atoms with van der Waals surface area (Å²) in [7, 11) is 0. The monoisotopic (exact) mass is 453 g/mol. The minimum Gasteiger partial charge on any atom is -0.490 e. The number of hydrogen-bond donors (Lipinski definition) is 1. The minimum absolute atomic E-state index is 0.0511. The lowest BCUT2D eigenvalue weighted by Crippen LogP contribution is -2.29. The lowest BCUT2D eigenvalue weighted by molar-refractivity contribution is 0.0698. The Kier molecular flexibility index (Phi) is 4.68. The molecule has 0 saturated carbocycles. The van der Waals surface area contributed by atoms with Crippen LogP contribution in [0, 0.1) is 6.92 Å². The van der Waals surface area contributed by atoms with Crippen molar-refractivity contribution in [2.75, 3.05) is 18.1 Å². The molecule has 0 bridgehead atoms. The average Bonchev–Trinajstić information content (AvgIpc) is 3.09. The largest absolute Gasteiger partial charge is 0.490 e. The summed E-state index contributed by atoms with van der Waals surface area (Å²) in [4.78, 5) is 32.1. The van der Waals surface area contributed by atoms with Crippen LogP contribution in [0.3, 0.4) is 0 Å². The molecule has 31 heavy (non-hydrogen) atoms. The molecule has 1 aliphatic heterocycles. The number of aromatic carboxylic acids is 1. The fourth-order valence-electron chi connectivity index (χ4n) is 3.85. The zero-order valence-corrected chi connectivity index (χ0v) is 17.9. The minimum atomic E-state index is -1.12. The van der Waals surface area contributed by atoms with Gasteiger partial charge in [-0.05, 0) is 37.3 Å². The molecule has 0 aliphatic carbocycles. The van der Waals surface area contributed by atoms with Gasteiger partial charge in [0.2, 0.25) is 0 Å². The molecule has 156 valence electrons. The highest BCUT2D eigenvalue weighted by atomic mass is 35.5. The lowest BCUT2D eigenvalue weighted by atomic mass is 10.1. The van der Waals surface area contributed by atoms with Crippen molar-refractivity contribution in [3.05, 3.63) is 74.5 Å². The number of anilines is 2. The van der Waals surface area contributed by atoms with Crippen LogP contribution in [0.25, 0.3) is 16.0 Å². The number of fused-ring (bicyclic) bond motifs is 2. The molecule has 0 unspecified atom stereocenters. The number of nitrogens with zero attached hydrogens (tertiary/aromatic N) is 3. The predicted molar refractivity (Wildman–Crippen MR) is 121 cm³/mol. The second-order valence-electron chi connectivity index (χ2n) is 7.02. The molecule has 0 atom stereocenters. The van der Waals surface area contributed by atoms with Crippen molar-refractivity contribution in [1.29, 1.82) is 0 Å². The van der Waals surface area contributed by atoms with E-state index in [0.29, 0.717) is 34.3 Å². The van der Waals surface area contributed by atoms with E-state index in [1.807, 2.05) is 36.4 Å². The molecular weight excluding hydrogens is 438 g/mol. The van der Waals surface area contributed by atoms with Crippen molar-refractivity contribution in [2.45, 2.75) is 6.92 Å². The van der Waals surface area contributed by atoms with Gasteiger partial charge in [-0.15, -0.1) is 11.3 Å². The number of hydrogen-bond acceptors (Lipinski definition) is 6. The highest BCUT2D eigenvalue weighted by Crippen LogP contribution is 2.39. The molecule has 9 heteroatoms. The van der Waals surface area contributed by atoms with E-state index in [9.17, 15) is 14.7 Å². The highest BCUT2D eigenvalue weighted by Gasteiger charge is 2.25. The molecular formula is C22H16ClN3O4S. The number of rotatable bonds is 3. The van der Waals surface area contributed by atoms with E-state index in [1.165, 1.54) is 15.9 Å². The van der Waals surface area contributed by atoms with E-state index in [-0.39, 0.29) is 16.2 Å². The van der Waals surface area contributed by atoms with E-state index in [1.54, 1.807) is 19.1 Å². The van der Waals surface area contributed by atoms with Crippen molar-refractivity contribution < 1.29 is 14.6 Å². The third-order valence-electron chi connectivity index (χ3n) is 5.19. The van der Waals surface area contributed by atoms with Crippen molar-refractivity contribution in [3.63, 3.8) is 0 Å². The molecule has 4 aromatic rings. The van der Waals surface area contributed by atoms with Crippen LogP contribution < -0.4 is 15.2 Å². The number of carboxylic acids is 1. The first-order chi connectivity index (χ1) is 15.0. The second-order valence-corrected chi connectivity index (χ2v) is 8.58. The van der Waals surface area contributed by atoms with Crippen LogP contribution in [-0.4, -0.2) is 33.8 Å². The van der Waals surface area contributed by atoms with Gasteiger partial charge in [0.15, 0.2) is 5.15 Å². The molecule has 0 amide bonds. The number of benzene rings is 2. The van der Waals surface area contributed by atoms with Crippen LogP contribution in [0.5, 0.6) is 5.75 Å². The summed E-state index contributed by atoms with van der Waals surface area (Å²) >= 11 is 7.33. The molecule has 3 heterocycles. The molecule has 0 saturated heterocycles. The Hall–Kier alpha value is -3.36. The number of thiophene rings is 1. The van der Waals surface area contributed by atoms with Gasteiger partial charge in [0.1, 0.15) is 22.7 Å². The number of carboxylic acid groups (broad SMARTS) is 1. The summed E-state index contributed by atoms with van der Waals surface area (Å²) in [5, 5.41) is 9.56. The number of halogens is 1. The molecule has 2 aromatic carbocycles. The van der Waals surface area contributed by atoms with Gasteiger partial charge >= 0.3 is 5.97 Å². The van der Waals surface area contributed by atoms with E-state index in [2.05, 4.69) is 9.88 Å². The molecule has 0 spiro atoms. The van der Waals surface area contributed by atoms with Crippen LogP contribution >= 0.6 is 22.9 Å². The van der Waals surface area contributed by atoms with Crippen LogP contribution in [0.2, 0.25) is 5.15 Å². The van der Waals surface area contributed by atoms with Crippen molar-refractivity contribution in [1.82, 2.24) is 9.55 Å². The van der Waals surface area contributed by atoms with Crippen LogP contribution in [0.1, 0.15) is 15.2 Å². The number of para-hydroxylation sites is 1. The van der Waals surface area contributed by atoms with Gasteiger partial charge in [-0.25, -0.2) is 9.78 Å². The summed E-state index contributed by atoms with van der Waals surface area (Å²) in [6.45, 7) is 2.86. The normalized spacial score (nSPS) is 13.2. The summed E-state index contributed by atoms with van der Waals surface area (Å²) in [5.41, 5.74) is 1.99. The summed E-state index contributed by atoms with van der Waals surface area (Å²) in [6, 6.07) is 15.2. The van der Waals surface area contributed by atoms with Gasteiger partial charge in [0.05, 0.1) is 23.5 Å². The number of aryl methyl sites for hydroxylation is 1. The van der Waals surface area contributed by atoms with E-state index < -0.39 is 11.5 Å².